The first-order valence-corrected chi connectivity index (χ1v) is 6.41. The van der Waals surface area contributed by atoms with Crippen LogP contribution >= 0.6 is 0 Å². The molecule has 0 radical (unpaired) electrons. The molecule has 1 aromatic rings. The van der Waals surface area contributed by atoms with E-state index in [2.05, 4.69) is 0 Å². The minimum Gasteiger partial charge on any atom is -0.363 e. The molecule has 0 spiro atoms. The van der Waals surface area contributed by atoms with Crippen molar-refractivity contribution in [3.63, 3.8) is 0 Å². The van der Waals surface area contributed by atoms with E-state index in [1.807, 2.05) is 38.1 Å². The Bertz CT molecular complexity index is 631. The van der Waals surface area contributed by atoms with Gasteiger partial charge in [0, 0.05) is 12.1 Å². The summed E-state index contributed by atoms with van der Waals surface area (Å²) in [5.41, 5.74) is 9.10. The fourth-order valence-electron chi connectivity index (χ4n) is 2.51. The van der Waals surface area contributed by atoms with Crippen molar-refractivity contribution in [2.45, 2.75) is 20.3 Å². The molecule has 5 nitrogen and oxygen atoms in total. The largest absolute Gasteiger partial charge is 0.363 e. The van der Waals surface area contributed by atoms with Gasteiger partial charge in [-0.05, 0) is 31.4 Å². The van der Waals surface area contributed by atoms with Gasteiger partial charge in [0.2, 0.25) is 0 Å². The number of hydrogen-bond donors (Lipinski definition) is 3. The Hall–Kier alpha value is -2.43. The Labute approximate surface area is 118 Å². The minimum absolute atomic E-state index is 0.158. The number of hydrogen-bond acceptors (Lipinski definition) is 3. The maximum absolute atomic E-state index is 11.2. The molecule has 104 valence electrons. The van der Waals surface area contributed by atoms with Gasteiger partial charge in [0.1, 0.15) is 5.84 Å². The van der Waals surface area contributed by atoms with Gasteiger partial charge >= 0.3 is 0 Å². The van der Waals surface area contributed by atoms with E-state index >= 15 is 0 Å². The third-order valence-electron chi connectivity index (χ3n) is 3.36. The summed E-state index contributed by atoms with van der Waals surface area (Å²) in [5, 5.41) is 16.1. The molecule has 0 saturated carbocycles. The van der Waals surface area contributed by atoms with E-state index in [0.717, 1.165) is 28.7 Å². The monoisotopic (exact) mass is 270 g/mol. The Balaban J connectivity index is 2.56. The summed E-state index contributed by atoms with van der Waals surface area (Å²) in [6, 6.07) is 4.04. The lowest BCUT2D eigenvalue weighted by Gasteiger charge is -2.27. The van der Waals surface area contributed by atoms with Crippen LogP contribution in [0.5, 0.6) is 0 Å². The van der Waals surface area contributed by atoms with E-state index in [0.29, 0.717) is 6.54 Å². The summed E-state index contributed by atoms with van der Waals surface area (Å²) in [6.07, 6.45) is 4.59. The maximum Gasteiger partial charge on any atom is 0.284 e. The predicted molar refractivity (Wildman–Crippen MR) is 79.2 cm³/mol. The van der Waals surface area contributed by atoms with Crippen LogP contribution in [-0.2, 0) is 11.2 Å². The summed E-state index contributed by atoms with van der Waals surface area (Å²) in [4.78, 5) is 12.6. The van der Waals surface area contributed by atoms with Crippen LogP contribution in [0, 0.1) is 24.7 Å². The number of fused-ring (bicyclic) bond motifs is 1. The second kappa shape index (κ2) is 5.28. The van der Waals surface area contributed by atoms with Crippen LogP contribution in [0.2, 0.25) is 0 Å². The molecule has 1 aliphatic heterocycles. The summed E-state index contributed by atoms with van der Waals surface area (Å²) in [6.45, 7) is 4.27. The summed E-state index contributed by atoms with van der Waals surface area (Å²) < 4.78 is 0. The van der Waals surface area contributed by atoms with Crippen molar-refractivity contribution in [1.82, 2.24) is 4.90 Å². The number of nitrogens with two attached hydrogens (primary N) is 1. The number of rotatable bonds is 0. The highest BCUT2D eigenvalue weighted by Gasteiger charge is 2.23. The van der Waals surface area contributed by atoms with Crippen molar-refractivity contribution in [1.29, 1.82) is 10.8 Å². The highest BCUT2D eigenvalue weighted by atomic mass is 16.1. The molecule has 0 aromatic heterocycles. The van der Waals surface area contributed by atoms with Crippen LogP contribution in [0.25, 0.3) is 0 Å². The molecule has 5 heteroatoms. The molecular weight excluding hydrogens is 252 g/mol. The van der Waals surface area contributed by atoms with E-state index in [1.165, 1.54) is 4.90 Å². The van der Waals surface area contributed by atoms with E-state index in [4.69, 9.17) is 16.6 Å². The van der Waals surface area contributed by atoms with Gasteiger partial charge < -0.3 is 10.6 Å². The van der Waals surface area contributed by atoms with Gasteiger partial charge in [-0.15, -0.1) is 0 Å². The number of benzene rings is 1. The molecule has 1 amide bonds. The predicted octanol–water partition coefficient (Wildman–Crippen LogP) is 1.51. The molecule has 1 aromatic carbocycles. The number of nitrogens with one attached hydrogen (secondary N) is 2. The highest BCUT2D eigenvalue weighted by Crippen LogP contribution is 2.21. The van der Waals surface area contributed by atoms with E-state index in [9.17, 15) is 4.79 Å². The van der Waals surface area contributed by atoms with Gasteiger partial charge in [-0.2, -0.15) is 0 Å². The first kappa shape index (κ1) is 14.0. The molecule has 1 heterocycles. The zero-order chi connectivity index (χ0) is 14.9. The van der Waals surface area contributed by atoms with Crippen molar-refractivity contribution in [2.75, 3.05) is 6.54 Å². The highest BCUT2D eigenvalue weighted by molar-refractivity contribution is 6.39. The Morgan fingerprint density at radius 1 is 1.30 bits per heavy atom. The lowest BCUT2D eigenvalue weighted by molar-refractivity contribution is -0.112. The average Bonchev–Trinajstić information content (AvgIpc) is 2.34. The van der Waals surface area contributed by atoms with E-state index < -0.39 is 5.91 Å². The number of nitrogens with zero attached hydrogens (tertiary/aromatic N) is 1. The number of amidine groups is 2. The molecule has 0 atom stereocenters. The van der Waals surface area contributed by atoms with Gasteiger partial charge in [0.05, 0.1) is 0 Å². The number of carbonyl (C=O) groups is 1. The Morgan fingerprint density at radius 2 is 2.00 bits per heavy atom. The fourth-order valence-corrected chi connectivity index (χ4v) is 2.51. The molecule has 0 fully saturated rings. The standard InChI is InChI=1S/C15H18N4O/c1-9-7-10(2)12-11(8-9)5-3-4-6-19(13(12)16)14(17)15(18)20/h3-4,7-8,16-17H,5-6H2,1-2H3,(H2,18,20)/b4-3-,16-13?,17-14?. The Morgan fingerprint density at radius 3 is 2.65 bits per heavy atom. The van der Waals surface area contributed by atoms with Crippen molar-refractivity contribution >= 4 is 17.6 Å². The van der Waals surface area contributed by atoms with E-state index in [-0.39, 0.29) is 11.7 Å². The number of allylic oxidation sites excluding steroid dienone is 1. The third kappa shape index (κ3) is 2.47. The first-order chi connectivity index (χ1) is 9.41. The van der Waals surface area contributed by atoms with Gasteiger partial charge in [0.25, 0.3) is 5.91 Å². The van der Waals surface area contributed by atoms with Crippen molar-refractivity contribution < 1.29 is 4.79 Å². The molecule has 4 N–H and O–H groups in total. The second-order valence-corrected chi connectivity index (χ2v) is 4.96. The van der Waals surface area contributed by atoms with Gasteiger partial charge in [-0.3, -0.25) is 15.6 Å². The Kier molecular flexibility index (Phi) is 3.70. The lowest BCUT2D eigenvalue weighted by Crippen LogP contribution is -2.44. The van der Waals surface area contributed by atoms with Crippen molar-refractivity contribution in [3.05, 3.63) is 46.5 Å². The van der Waals surface area contributed by atoms with Crippen LogP contribution in [0.4, 0.5) is 0 Å². The molecule has 0 unspecified atom stereocenters. The number of amides is 1. The summed E-state index contributed by atoms with van der Waals surface area (Å²) >= 11 is 0. The van der Waals surface area contributed by atoms with Crippen LogP contribution < -0.4 is 5.73 Å². The van der Waals surface area contributed by atoms with Gasteiger partial charge in [-0.25, -0.2) is 0 Å². The van der Waals surface area contributed by atoms with Crippen molar-refractivity contribution in [2.24, 2.45) is 5.73 Å². The SMILES string of the molecule is Cc1cc(C)c2c(c1)C/C=C\CN(C(=N)C(N)=O)C2=N. The van der Waals surface area contributed by atoms with Crippen LogP contribution in [0.1, 0.15) is 22.3 Å². The molecule has 20 heavy (non-hydrogen) atoms. The topological polar surface area (TPSA) is 94.0 Å². The van der Waals surface area contributed by atoms with Crippen LogP contribution in [0.3, 0.4) is 0 Å². The first-order valence-electron chi connectivity index (χ1n) is 6.41. The van der Waals surface area contributed by atoms with Gasteiger partial charge in [-0.1, -0.05) is 29.8 Å². The normalized spacial score (nSPS) is 16.1. The number of primary amides is 1. The zero-order valence-electron chi connectivity index (χ0n) is 11.7. The summed E-state index contributed by atoms with van der Waals surface area (Å²) in [5.74, 6) is -1.02. The third-order valence-corrected chi connectivity index (χ3v) is 3.36. The zero-order valence-corrected chi connectivity index (χ0v) is 11.7. The number of aryl methyl sites for hydroxylation is 2. The number of carbonyl (C=O) groups excluding carboxylic acids is 1. The molecule has 0 bridgehead atoms. The molecule has 2 rings (SSSR count). The maximum atomic E-state index is 11.2. The van der Waals surface area contributed by atoms with Crippen LogP contribution in [-0.4, -0.2) is 29.0 Å². The lowest BCUT2D eigenvalue weighted by atomic mass is 9.94. The smallest absolute Gasteiger partial charge is 0.284 e. The molecule has 1 aliphatic rings. The fraction of sp³-hybridized carbons (Fsp3) is 0.267. The van der Waals surface area contributed by atoms with Crippen LogP contribution in [0.15, 0.2) is 24.3 Å². The molecule has 0 saturated heterocycles. The molecule has 0 aliphatic carbocycles. The minimum atomic E-state index is -0.824. The second-order valence-electron chi connectivity index (χ2n) is 4.96. The molecular formula is C15H18N4O. The summed E-state index contributed by atoms with van der Waals surface area (Å²) in [7, 11) is 0. The van der Waals surface area contributed by atoms with Gasteiger partial charge in [0.15, 0.2) is 5.84 Å². The van der Waals surface area contributed by atoms with Crippen molar-refractivity contribution in [3.8, 4) is 0 Å². The van der Waals surface area contributed by atoms with E-state index in [1.54, 1.807) is 0 Å². The average molecular weight is 270 g/mol. The quantitative estimate of drug-likeness (QED) is 0.378.